The third-order valence-electron chi connectivity index (χ3n) is 3.21. The lowest BCUT2D eigenvalue weighted by atomic mass is 10.0. The van der Waals surface area contributed by atoms with E-state index in [1.54, 1.807) is 4.90 Å². The molecule has 4 heteroatoms. The number of rotatable bonds is 3. The summed E-state index contributed by atoms with van der Waals surface area (Å²) in [7, 11) is 0. The summed E-state index contributed by atoms with van der Waals surface area (Å²) < 4.78 is 17.6. The zero-order valence-corrected chi connectivity index (χ0v) is 9.40. The molecule has 0 radical (unpaired) electrons. The fourth-order valence-corrected chi connectivity index (χ4v) is 2.26. The van der Waals surface area contributed by atoms with E-state index in [0.29, 0.717) is 32.0 Å². The molecule has 16 heavy (non-hydrogen) atoms. The molecule has 0 spiro atoms. The predicted molar refractivity (Wildman–Crippen MR) is 58.8 cm³/mol. The number of nitrogens with zero attached hydrogens (tertiary/aromatic N) is 1. The van der Waals surface area contributed by atoms with E-state index >= 15 is 0 Å². The Morgan fingerprint density at radius 2 is 2.44 bits per heavy atom. The highest BCUT2D eigenvalue weighted by molar-refractivity contribution is 5.76. The molecule has 0 saturated carbocycles. The van der Waals surface area contributed by atoms with Crippen molar-refractivity contribution in [3.8, 4) is 0 Å². The van der Waals surface area contributed by atoms with Gasteiger partial charge in [0.15, 0.2) is 0 Å². The highest BCUT2D eigenvalue weighted by Gasteiger charge is 2.25. The lowest BCUT2D eigenvalue weighted by Crippen LogP contribution is -2.46. The average molecular weight is 227 g/mol. The van der Waals surface area contributed by atoms with Crippen LogP contribution in [-0.4, -0.2) is 43.3 Å². The topological polar surface area (TPSA) is 29.5 Å². The normalized spacial score (nSPS) is 29.7. The summed E-state index contributed by atoms with van der Waals surface area (Å²) in [5, 5.41) is 0. The minimum Gasteiger partial charge on any atom is -0.372 e. The lowest BCUT2D eigenvalue weighted by molar-refractivity contribution is -0.140. The minimum atomic E-state index is -0.507. The van der Waals surface area contributed by atoms with Gasteiger partial charge in [0.05, 0.1) is 6.61 Å². The third kappa shape index (κ3) is 2.82. The standard InChI is InChI=1S/C12H18FNO2/c13-8-11-9-14(5-6-16-11)12(15)7-10-3-1-2-4-10/h1,3,10-11H,2,4-9H2/t10-,11-/m0/s1. The van der Waals surface area contributed by atoms with Crippen LogP contribution in [0.15, 0.2) is 12.2 Å². The van der Waals surface area contributed by atoms with Crippen LogP contribution in [0.25, 0.3) is 0 Å². The van der Waals surface area contributed by atoms with E-state index in [1.807, 2.05) is 0 Å². The van der Waals surface area contributed by atoms with Crippen molar-refractivity contribution in [1.82, 2.24) is 4.90 Å². The Morgan fingerprint density at radius 3 is 3.12 bits per heavy atom. The van der Waals surface area contributed by atoms with Gasteiger partial charge in [0.2, 0.25) is 5.91 Å². The van der Waals surface area contributed by atoms with E-state index < -0.39 is 12.8 Å². The number of alkyl halides is 1. The second kappa shape index (κ2) is 5.43. The van der Waals surface area contributed by atoms with Crippen molar-refractivity contribution in [3.63, 3.8) is 0 Å². The zero-order chi connectivity index (χ0) is 11.4. The number of morpholine rings is 1. The maximum atomic E-state index is 12.4. The largest absolute Gasteiger partial charge is 0.372 e. The first-order valence-electron chi connectivity index (χ1n) is 5.91. The van der Waals surface area contributed by atoms with Gasteiger partial charge in [0, 0.05) is 19.5 Å². The van der Waals surface area contributed by atoms with Gasteiger partial charge in [-0.1, -0.05) is 12.2 Å². The van der Waals surface area contributed by atoms with Crippen LogP contribution < -0.4 is 0 Å². The molecule has 0 unspecified atom stereocenters. The highest BCUT2D eigenvalue weighted by atomic mass is 19.1. The number of hydrogen-bond donors (Lipinski definition) is 0. The smallest absolute Gasteiger partial charge is 0.223 e. The van der Waals surface area contributed by atoms with Crippen molar-refractivity contribution in [2.24, 2.45) is 5.92 Å². The minimum absolute atomic E-state index is 0.137. The Bertz CT molecular complexity index is 280. The number of carbonyl (C=O) groups excluding carboxylic acids is 1. The summed E-state index contributed by atoms with van der Waals surface area (Å²) >= 11 is 0. The summed E-state index contributed by atoms with van der Waals surface area (Å²) in [6, 6.07) is 0. The molecule has 90 valence electrons. The van der Waals surface area contributed by atoms with Gasteiger partial charge in [0.1, 0.15) is 12.8 Å². The predicted octanol–water partition coefficient (Wildman–Crippen LogP) is 1.54. The van der Waals surface area contributed by atoms with Crippen LogP contribution in [0, 0.1) is 5.92 Å². The first kappa shape index (κ1) is 11.6. The van der Waals surface area contributed by atoms with Gasteiger partial charge >= 0.3 is 0 Å². The van der Waals surface area contributed by atoms with Crippen LogP contribution in [0.5, 0.6) is 0 Å². The molecule has 2 aliphatic rings. The van der Waals surface area contributed by atoms with Gasteiger partial charge in [-0.2, -0.15) is 0 Å². The van der Waals surface area contributed by atoms with E-state index in [2.05, 4.69) is 12.2 Å². The molecule has 1 amide bonds. The van der Waals surface area contributed by atoms with E-state index in [4.69, 9.17) is 4.74 Å². The van der Waals surface area contributed by atoms with Gasteiger partial charge < -0.3 is 9.64 Å². The quantitative estimate of drug-likeness (QED) is 0.684. The third-order valence-corrected chi connectivity index (χ3v) is 3.21. The van der Waals surface area contributed by atoms with Gasteiger partial charge in [-0.05, 0) is 18.8 Å². The molecule has 0 aromatic rings. The molecule has 2 atom stereocenters. The fraction of sp³-hybridized carbons (Fsp3) is 0.750. The fourth-order valence-electron chi connectivity index (χ4n) is 2.26. The summed E-state index contributed by atoms with van der Waals surface area (Å²) in [4.78, 5) is 13.7. The van der Waals surface area contributed by atoms with Gasteiger partial charge in [-0.15, -0.1) is 0 Å². The Hall–Kier alpha value is -0.900. The molecule has 0 bridgehead atoms. The number of hydrogen-bond acceptors (Lipinski definition) is 2. The molecule has 2 rings (SSSR count). The first-order valence-corrected chi connectivity index (χ1v) is 5.91. The lowest BCUT2D eigenvalue weighted by Gasteiger charge is -2.32. The molecule has 0 aromatic heterocycles. The second-order valence-electron chi connectivity index (χ2n) is 4.46. The van der Waals surface area contributed by atoms with Crippen molar-refractivity contribution < 1.29 is 13.9 Å². The Morgan fingerprint density at radius 1 is 1.56 bits per heavy atom. The summed E-state index contributed by atoms with van der Waals surface area (Å²) in [6.07, 6.45) is 6.54. The number of halogens is 1. The highest BCUT2D eigenvalue weighted by Crippen LogP contribution is 2.21. The molecule has 1 aliphatic heterocycles. The number of carbonyl (C=O) groups is 1. The van der Waals surface area contributed by atoms with Crippen LogP contribution in [0.3, 0.4) is 0 Å². The van der Waals surface area contributed by atoms with E-state index in [0.717, 1.165) is 12.8 Å². The summed E-state index contributed by atoms with van der Waals surface area (Å²) in [5.41, 5.74) is 0. The molecule has 0 aromatic carbocycles. The average Bonchev–Trinajstić information content (AvgIpc) is 2.82. The summed E-state index contributed by atoms with van der Waals surface area (Å²) in [5.74, 6) is 0.525. The molecule has 0 N–H and O–H groups in total. The van der Waals surface area contributed by atoms with Crippen molar-refractivity contribution >= 4 is 5.91 Å². The van der Waals surface area contributed by atoms with Crippen molar-refractivity contribution in [1.29, 1.82) is 0 Å². The van der Waals surface area contributed by atoms with Crippen molar-refractivity contribution in [2.45, 2.75) is 25.4 Å². The van der Waals surface area contributed by atoms with Gasteiger partial charge in [0.25, 0.3) is 0 Å². The van der Waals surface area contributed by atoms with Crippen LogP contribution in [0.2, 0.25) is 0 Å². The zero-order valence-electron chi connectivity index (χ0n) is 9.40. The van der Waals surface area contributed by atoms with E-state index in [1.165, 1.54) is 0 Å². The van der Waals surface area contributed by atoms with Crippen molar-refractivity contribution in [3.05, 3.63) is 12.2 Å². The van der Waals surface area contributed by atoms with Crippen LogP contribution in [0.4, 0.5) is 4.39 Å². The van der Waals surface area contributed by atoms with E-state index in [-0.39, 0.29) is 5.91 Å². The van der Waals surface area contributed by atoms with Crippen LogP contribution in [-0.2, 0) is 9.53 Å². The second-order valence-corrected chi connectivity index (χ2v) is 4.46. The maximum absolute atomic E-state index is 12.4. The number of ether oxygens (including phenoxy) is 1. The Labute approximate surface area is 95.3 Å². The molecule has 1 fully saturated rings. The number of allylic oxidation sites excluding steroid dienone is 2. The number of amides is 1. The monoisotopic (exact) mass is 227 g/mol. The van der Waals surface area contributed by atoms with Crippen molar-refractivity contribution in [2.75, 3.05) is 26.4 Å². The Kier molecular flexibility index (Phi) is 3.93. The molecular formula is C12H18FNO2. The molecule has 1 saturated heterocycles. The molecule has 1 aliphatic carbocycles. The van der Waals surface area contributed by atoms with Crippen LogP contribution >= 0.6 is 0 Å². The SMILES string of the molecule is O=C(C[C@H]1C=CCC1)N1CCO[C@@H](CF)C1. The molecule has 1 heterocycles. The Balaban J connectivity index is 1.81. The first-order chi connectivity index (χ1) is 7.79. The van der Waals surface area contributed by atoms with Gasteiger partial charge in [-0.3, -0.25) is 4.79 Å². The maximum Gasteiger partial charge on any atom is 0.223 e. The summed E-state index contributed by atoms with van der Waals surface area (Å²) in [6.45, 7) is 0.964. The van der Waals surface area contributed by atoms with Crippen LogP contribution in [0.1, 0.15) is 19.3 Å². The van der Waals surface area contributed by atoms with Gasteiger partial charge in [-0.25, -0.2) is 4.39 Å². The molecular weight excluding hydrogens is 209 g/mol. The van der Waals surface area contributed by atoms with E-state index in [9.17, 15) is 9.18 Å². The molecule has 3 nitrogen and oxygen atoms in total.